The minimum Gasteiger partial charge on any atom is -0.543 e. The van der Waals surface area contributed by atoms with Crippen LogP contribution in [-0.2, 0) is 14.3 Å². The van der Waals surface area contributed by atoms with Crippen molar-refractivity contribution in [2.24, 2.45) is 0 Å². The topological polar surface area (TPSA) is 44.8 Å². The minimum atomic E-state index is -1.86. The van der Waals surface area contributed by atoms with Crippen molar-refractivity contribution in [1.29, 1.82) is 0 Å². The lowest BCUT2D eigenvalue weighted by molar-refractivity contribution is -0.203. The molecule has 4 nitrogen and oxygen atoms in total. The van der Waals surface area contributed by atoms with E-state index >= 15 is 0 Å². The molecule has 152 valence electrons. The van der Waals surface area contributed by atoms with Crippen LogP contribution in [0.4, 0.5) is 0 Å². The summed E-state index contributed by atoms with van der Waals surface area (Å²) >= 11 is 0. The molecule has 1 aliphatic rings. The van der Waals surface area contributed by atoms with Crippen LogP contribution in [0.3, 0.4) is 0 Å². The van der Waals surface area contributed by atoms with Crippen LogP contribution in [0.25, 0.3) is 6.08 Å². The molecule has 0 amide bonds. The Morgan fingerprint density at radius 3 is 2.46 bits per heavy atom. The van der Waals surface area contributed by atoms with Crippen molar-refractivity contribution in [2.45, 2.75) is 65.5 Å². The second kappa shape index (κ2) is 8.00. The van der Waals surface area contributed by atoms with E-state index in [0.29, 0.717) is 5.76 Å². The van der Waals surface area contributed by atoms with Gasteiger partial charge < -0.3 is 13.9 Å². The lowest BCUT2D eigenvalue weighted by atomic mass is 10.1. The second-order valence-corrected chi connectivity index (χ2v) is 13.8. The Morgan fingerprint density at radius 2 is 1.86 bits per heavy atom. The third-order valence-corrected chi connectivity index (χ3v) is 9.37. The SMILES string of the molecule is C/C(=C\C=C\c1cccc(O[Si](C)(C)C(C)(C)C)c1)C1=CC(=O)OC(C)(C)O1. The Labute approximate surface area is 170 Å². The summed E-state index contributed by atoms with van der Waals surface area (Å²) < 4.78 is 17.2. The zero-order valence-electron chi connectivity index (χ0n) is 18.3. The van der Waals surface area contributed by atoms with E-state index in [1.54, 1.807) is 13.8 Å². The molecule has 0 saturated carbocycles. The number of allylic oxidation sites excluding steroid dienone is 3. The Balaban J connectivity index is 2.13. The number of ether oxygens (including phenoxy) is 2. The van der Waals surface area contributed by atoms with E-state index in [2.05, 4.69) is 39.9 Å². The van der Waals surface area contributed by atoms with Crippen molar-refractivity contribution in [3.05, 3.63) is 59.4 Å². The molecule has 1 aromatic rings. The van der Waals surface area contributed by atoms with E-state index in [-0.39, 0.29) is 5.04 Å². The van der Waals surface area contributed by atoms with Gasteiger partial charge in [-0.25, -0.2) is 4.79 Å². The molecule has 0 radical (unpaired) electrons. The van der Waals surface area contributed by atoms with E-state index in [0.717, 1.165) is 16.9 Å². The highest BCUT2D eigenvalue weighted by molar-refractivity contribution is 6.74. The van der Waals surface area contributed by atoms with Gasteiger partial charge in [0.2, 0.25) is 14.1 Å². The third kappa shape index (κ3) is 5.86. The molecular weight excluding hydrogens is 368 g/mol. The highest BCUT2D eigenvalue weighted by Gasteiger charge is 2.38. The average Bonchev–Trinajstić information content (AvgIpc) is 2.51. The molecule has 1 aromatic carbocycles. The fourth-order valence-corrected chi connectivity index (χ4v) is 3.43. The van der Waals surface area contributed by atoms with E-state index in [9.17, 15) is 4.79 Å². The summed E-state index contributed by atoms with van der Waals surface area (Å²) in [7, 11) is -1.86. The summed E-state index contributed by atoms with van der Waals surface area (Å²) in [6, 6.07) is 8.10. The van der Waals surface area contributed by atoms with Crippen molar-refractivity contribution < 1.29 is 18.7 Å². The van der Waals surface area contributed by atoms with Crippen molar-refractivity contribution >= 4 is 20.4 Å². The molecule has 0 fully saturated rings. The smallest absolute Gasteiger partial charge is 0.337 e. The van der Waals surface area contributed by atoms with Crippen LogP contribution in [-0.4, -0.2) is 20.1 Å². The third-order valence-electron chi connectivity index (χ3n) is 5.01. The maximum Gasteiger partial charge on any atom is 0.337 e. The Kier molecular flexibility index (Phi) is 6.29. The van der Waals surface area contributed by atoms with E-state index in [1.165, 1.54) is 6.08 Å². The van der Waals surface area contributed by atoms with Gasteiger partial charge in [-0.1, -0.05) is 51.1 Å². The van der Waals surface area contributed by atoms with E-state index < -0.39 is 20.1 Å². The summed E-state index contributed by atoms with van der Waals surface area (Å²) in [6.07, 6.45) is 7.24. The van der Waals surface area contributed by atoms with Crippen LogP contribution >= 0.6 is 0 Å². The van der Waals surface area contributed by atoms with Crippen LogP contribution < -0.4 is 4.43 Å². The van der Waals surface area contributed by atoms with Gasteiger partial charge in [0.05, 0.1) is 6.08 Å². The molecule has 5 heteroatoms. The molecule has 1 heterocycles. The molecule has 28 heavy (non-hydrogen) atoms. The van der Waals surface area contributed by atoms with Crippen LogP contribution in [0, 0.1) is 0 Å². The number of cyclic esters (lactones) is 1. The number of rotatable bonds is 5. The van der Waals surface area contributed by atoms with Gasteiger partial charge in [-0.2, -0.15) is 0 Å². The quantitative estimate of drug-likeness (QED) is 0.334. The Bertz CT molecular complexity index is 823. The fourth-order valence-electron chi connectivity index (χ4n) is 2.40. The zero-order chi connectivity index (χ0) is 21.2. The number of esters is 1. The predicted octanol–water partition coefficient (Wildman–Crippen LogP) is 6.22. The first-order valence-corrected chi connectivity index (χ1v) is 12.5. The number of benzene rings is 1. The van der Waals surface area contributed by atoms with Gasteiger partial charge in [-0.05, 0) is 48.3 Å². The van der Waals surface area contributed by atoms with Crippen LogP contribution in [0.2, 0.25) is 18.1 Å². The standard InChI is InChI=1S/C23H32O4Si/c1-17(20-16-21(24)26-23(5,6)25-20)11-9-12-18-13-10-14-19(15-18)27-28(7,8)22(2,3)4/h9-16H,1-8H3/b12-9+,17-11+. The molecule has 0 bridgehead atoms. The first kappa shape index (κ1) is 22.0. The van der Waals surface area contributed by atoms with Crippen LogP contribution in [0.15, 0.2) is 53.8 Å². The molecule has 0 spiro atoms. The largest absolute Gasteiger partial charge is 0.543 e. The lowest BCUT2D eigenvalue weighted by Crippen LogP contribution is -2.43. The predicted molar refractivity (Wildman–Crippen MR) is 116 cm³/mol. The molecule has 0 unspecified atom stereocenters. The number of carbonyl (C=O) groups excluding carboxylic acids is 1. The normalized spacial score (nSPS) is 17.8. The monoisotopic (exact) mass is 400 g/mol. The van der Waals surface area contributed by atoms with Crippen LogP contribution in [0.5, 0.6) is 5.75 Å². The average molecular weight is 401 g/mol. The second-order valence-electron chi connectivity index (χ2n) is 9.08. The van der Waals surface area contributed by atoms with Gasteiger partial charge in [0.15, 0.2) is 0 Å². The molecule has 1 aliphatic heterocycles. The summed E-state index contributed by atoms with van der Waals surface area (Å²) in [6.45, 7) is 16.5. The highest BCUT2D eigenvalue weighted by Crippen LogP contribution is 2.37. The Morgan fingerprint density at radius 1 is 1.18 bits per heavy atom. The molecule has 0 aliphatic carbocycles. The summed E-state index contributed by atoms with van der Waals surface area (Å²) in [4.78, 5) is 11.7. The van der Waals surface area contributed by atoms with Crippen molar-refractivity contribution in [1.82, 2.24) is 0 Å². The van der Waals surface area contributed by atoms with Gasteiger partial charge >= 0.3 is 5.97 Å². The molecule has 0 atom stereocenters. The van der Waals surface area contributed by atoms with Crippen molar-refractivity contribution in [2.75, 3.05) is 0 Å². The summed E-state index contributed by atoms with van der Waals surface area (Å²) in [5.74, 6) is 0.0895. The first-order chi connectivity index (χ1) is 12.8. The number of carbonyl (C=O) groups is 1. The minimum absolute atomic E-state index is 0.154. The van der Waals surface area contributed by atoms with Crippen molar-refractivity contribution in [3.63, 3.8) is 0 Å². The summed E-state index contributed by atoms with van der Waals surface area (Å²) in [5.41, 5.74) is 1.91. The van der Waals surface area contributed by atoms with Crippen LogP contribution in [0.1, 0.15) is 47.1 Å². The molecule has 0 N–H and O–H groups in total. The molecule has 0 aromatic heterocycles. The molecule has 0 saturated heterocycles. The van der Waals surface area contributed by atoms with Crippen molar-refractivity contribution in [3.8, 4) is 5.75 Å². The Hall–Kier alpha value is -2.27. The fraction of sp³-hybridized carbons (Fsp3) is 0.435. The lowest BCUT2D eigenvalue weighted by Gasteiger charge is -2.36. The summed E-state index contributed by atoms with van der Waals surface area (Å²) in [5, 5.41) is 0.154. The van der Waals surface area contributed by atoms with Gasteiger partial charge in [0, 0.05) is 13.8 Å². The number of hydrogen-bond acceptors (Lipinski definition) is 4. The first-order valence-electron chi connectivity index (χ1n) is 9.57. The van der Waals surface area contributed by atoms with E-state index in [1.807, 2.05) is 43.4 Å². The maximum atomic E-state index is 11.7. The maximum absolute atomic E-state index is 11.7. The highest BCUT2D eigenvalue weighted by atomic mass is 28.4. The molecule has 2 rings (SSSR count). The van der Waals surface area contributed by atoms with Gasteiger partial charge in [0.25, 0.3) is 0 Å². The van der Waals surface area contributed by atoms with Gasteiger partial charge in [-0.15, -0.1) is 0 Å². The zero-order valence-corrected chi connectivity index (χ0v) is 19.3. The van der Waals surface area contributed by atoms with E-state index in [4.69, 9.17) is 13.9 Å². The van der Waals surface area contributed by atoms with Gasteiger partial charge in [-0.3, -0.25) is 0 Å². The molecular formula is C23H32O4Si. The van der Waals surface area contributed by atoms with Gasteiger partial charge in [0.1, 0.15) is 11.5 Å². The number of hydrogen-bond donors (Lipinski definition) is 0.